The van der Waals surface area contributed by atoms with Crippen LogP contribution in [0.1, 0.15) is 5.56 Å². The normalized spacial score (nSPS) is 15.4. The predicted molar refractivity (Wildman–Crippen MR) is 104 cm³/mol. The van der Waals surface area contributed by atoms with Gasteiger partial charge < -0.3 is 4.90 Å². The first-order valence-electron chi connectivity index (χ1n) is 8.55. The van der Waals surface area contributed by atoms with Gasteiger partial charge in [0.05, 0.1) is 16.2 Å². The highest BCUT2D eigenvalue weighted by Crippen LogP contribution is 2.22. The lowest BCUT2D eigenvalue weighted by Gasteiger charge is -2.34. The molecule has 148 valence electrons. The third-order valence-electron chi connectivity index (χ3n) is 4.56. The van der Waals surface area contributed by atoms with Crippen molar-refractivity contribution in [2.75, 3.05) is 26.2 Å². The van der Waals surface area contributed by atoms with E-state index in [1.807, 2.05) is 0 Å². The zero-order valence-corrected chi connectivity index (χ0v) is 16.4. The van der Waals surface area contributed by atoms with Gasteiger partial charge in [-0.15, -0.1) is 0 Å². The van der Waals surface area contributed by atoms with Crippen LogP contribution in [0.4, 0.5) is 5.69 Å². The fraction of sp³-hybridized carbons (Fsp3) is 0.278. The number of nitro groups is 1. The van der Waals surface area contributed by atoms with Crippen LogP contribution < -0.4 is 0 Å². The first-order valence-corrected chi connectivity index (χ1v) is 10.4. The number of rotatable bonds is 5. The maximum Gasteiger partial charge on any atom is 0.270 e. The minimum atomic E-state index is -3.86. The molecular weight excluding hydrogens is 406 g/mol. The standard InChI is InChI=1S/C18H18ClN3O5S/c19-17-7-2-1-4-14(17)12-18(23)20-8-10-21(11-9-20)28(26,27)16-6-3-5-15(13-16)22(24)25/h1-7,13H,8-12H2. The zero-order chi connectivity index (χ0) is 20.3. The summed E-state index contributed by atoms with van der Waals surface area (Å²) in [6, 6.07) is 12.0. The van der Waals surface area contributed by atoms with Crippen molar-refractivity contribution in [2.24, 2.45) is 0 Å². The van der Waals surface area contributed by atoms with Gasteiger partial charge in [0.1, 0.15) is 0 Å². The van der Waals surface area contributed by atoms with Gasteiger partial charge in [-0.1, -0.05) is 35.9 Å². The van der Waals surface area contributed by atoms with Crippen LogP contribution in [0.5, 0.6) is 0 Å². The monoisotopic (exact) mass is 423 g/mol. The van der Waals surface area contributed by atoms with Gasteiger partial charge in [-0.3, -0.25) is 14.9 Å². The van der Waals surface area contributed by atoms with Crippen molar-refractivity contribution in [1.82, 2.24) is 9.21 Å². The summed E-state index contributed by atoms with van der Waals surface area (Å²) in [5.74, 6) is -0.125. The topological polar surface area (TPSA) is 101 Å². The molecule has 1 fully saturated rings. The average molecular weight is 424 g/mol. The number of hydrogen-bond acceptors (Lipinski definition) is 5. The molecule has 0 radical (unpaired) electrons. The second-order valence-corrected chi connectivity index (χ2v) is 8.65. The highest BCUT2D eigenvalue weighted by molar-refractivity contribution is 7.89. The van der Waals surface area contributed by atoms with Gasteiger partial charge in [-0.2, -0.15) is 4.31 Å². The van der Waals surface area contributed by atoms with Crippen molar-refractivity contribution in [3.8, 4) is 0 Å². The second-order valence-electron chi connectivity index (χ2n) is 6.31. The lowest BCUT2D eigenvalue weighted by Crippen LogP contribution is -2.50. The molecule has 3 rings (SSSR count). The molecule has 10 heteroatoms. The molecule has 28 heavy (non-hydrogen) atoms. The molecule has 1 heterocycles. The number of nitrogens with zero attached hydrogens (tertiary/aromatic N) is 3. The molecule has 0 N–H and O–H groups in total. The van der Waals surface area contributed by atoms with E-state index in [4.69, 9.17) is 11.6 Å². The van der Waals surface area contributed by atoms with Gasteiger partial charge in [-0.05, 0) is 17.7 Å². The van der Waals surface area contributed by atoms with Crippen molar-refractivity contribution >= 4 is 33.2 Å². The SMILES string of the molecule is O=C(Cc1ccccc1Cl)N1CCN(S(=O)(=O)c2cccc([N+](=O)[O-])c2)CC1. The van der Waals surface area contributed by atoms with E-state index in [-0.39, 0.29) is 49.1 Å². The maximum absolute atomic E-state index is 12.8. The Morgan fingerprint density at radius 1 is 1.07 bits per heavy atom. The molecule has 0 aliphatic carbocycles. The van der Waals surface area contributed by atoms with Gasteiger partial charge in [0.25, 0.3) is 5.69 Å². The molecule has 0 bridgehead atoms. The fourth-order valence-corrected chi connectivity index (χ4v) is 4.67. The summed E-state index contributed by atoms with van der Waals surface area (Å²) < 4.78 is 26.8. The van der Waals surface area contributed by atoms with Crippen LogP contribution in [0.2, 0.25) is 5.02 Å². The van der Waals surface area contributed by atoms with E-state index < -0.39 is 14.9 Å². The largest absolute Gasteiger partial charge is 0.340 e. The lowest BCUT2D eigenvalue weighted by molar-refractivity contribution is -0.385. The second kappa shape index (κ2) is 8.26. The van der Waals surface area contributed by atoms with E-state index in [1.54, 1.807) is 29.2 Å². The number of benzene rings is 2. The Hall–Kier alpha value is -2.49. The maximum atomic E-state index is 12.8. The van der Waals surface area contributed by atoms with E-state index in [2.05, 4.69) is 0 Å². The molecule has 0 saturated carbocycles. The zero-order valence-electron chi connectivity index (χ0n) is 14.8. The lowest BCUT2D eigenvalue weighted by atomic mass is 10.1. The van der Waals surface area contributed by atoms with Crippen molar-refractivity contribution < 1.29 is 18.1 Å². The predicted octanol–water partition coefficient (Wildman–Crippen LogP) is 2.32. The van der Waals surface area contributed by atoms with E-state index in [9.17, 15) is 23.3 Å². The van der Waals surface area contributed by atoms with E-state index in [0.717, 1.165) is 11.6 Å². The molecule has 0 unspecified atom stereocenters. The molecule has 0 spiro atoms. The Bertz CT molecular complexity index is 1000. The minimum absolute atomic E-state index is 0.124. The molecule has 8 nitrogen and oxygen atoms in total. The summed E-state index contributed by atoms with van der Waals surface area (Å²) in [5.41, 5.74) is 0.440. The van der Waals surface area contributed by atoms with Gasteiger partial charge in [0.2, 0.25) is 15.9 Å². The molecule has 1 amide bonds. The molecule has 1 aliphatic rings. The number of carbonyl (C=O) groups is 1. The first kappa shape index (κ1) is 20.2. The minimum Gasteiger partial charge on any atom is -0.340 e. The van der Waals surface area contributed by atoms with Crippen LogP contribution in [0.3, 0.4) is 0 Å². The Morgan fingerprint density at radius 3 is 2.39 bits per heavy atom. The molecule has 1 aliphatic heterocycles. The number of piperazine rings is 1. The van der Waals surface area contributed by atoms with E-state index in [1.165, 1.54) is 22.5 Å². The van der Waals surface area contributed by atoms with Crippen LogP contribution in [0, 0.1) is 10.1 Å². The van der Waals surface area contributed by atoms with Gasteiger partial charge >= 0.3 is 0 Å². The van der Waals surface area contributed by atoms with E-state index >= 15 is 0 Å². The molecule has 0 atom stereocenters. The number of non-ortho nitro benzene ring substituents is 1. The summed E-state index contributed by atoms with van der Waals surface area (Å²) in [7, 11) is -3.86. The van der Waals surface area contributed by atoms with Gasteiger partial charge in [0.15, 0.2) is 0 Å². The smallest absolute Gasteiger partial charge is 0.270 e. The molecular formula is C18H18ClN3O5S. The van der Waals surface area contributed by atoms with Gasteiger partial charge in [0, 0.05) is 43.3 Å². The van der Waals surface area contributed by atoms with Crippen LogP contribution >= 0.6 is 11.6 Å². The molecule has 2 aromatic rings. The Kier molecular flexibility index (Phi) is 5.97. The number of nitro benzene ring substituents is 1. The highest BCUT2D eigenvalue weighted by atomic mass is 35.5. The third-order valence-corrected chi connectivity index (χ3v) is 6.82. The van der Waals surface area contributed by atoms with Crippen molar-refractivity contribution in [2.45, 2.75) is 11.3 Å². The number of amides is 1. The summed E-state index contributed by atoms with van der Waals surface area (Å²) in [6.07, 6.45) is 0.150. The Labute approximate surface area is 167 Å². The summed E-state index contributed by atoms with van der Waals surface area (Å²) in [5, 5.41) is 11.4. The number of halogens is 1. The van der Waals surface area contributed by atoms with Crippen molar-refractivity contribution in [3.05, 3.63) is 69.2 Å². The first-order chi connectivity index (χ1) is 13.3. The quantitative estimate of drug-likeness (QED) is 0.542. The summed E-state index contributed by atoms with van der Waals surface area (Å²) in [4.78, 5) is 24.2. The fourth-order valence-electron chi connectivity index (χ4n) is 3.00. The third kappa shape index (κ3) is 4.32. The number of hydrogen-bond donors (Lipinski definition) is 0. The van der Waals surface area contributed by atoms with Crippen LogP contribution in [-0.2, 0) is 21.2 Å². The molecule has 2 aromatic carbocycles. The van der Waals surface area contributed by atoms with Crippen molar-refractivity contribution in [1.29, 1.82) is 0 Å². The highest BCUT2D eigenvalue weighted by Gasteiger charge is 2.31. The Balaban J connectivity index is 1.66. The number of sulfonamides is 1. The van der Waals surface area contributed by atoms with Crippen molar-refractivity contribution in [3.63, 3.8) is 0 Å². The summed E-state index contributed by atoms with van der Waals surface area (Å²) >= 11 is 6.09. The molecule has 0 aromatic heterocycles. The average Bonchev–Trinajstić information content (AvgIpc) is 2.70. The Morgan fingerprint density at radius 2 is 1.75 bits per heavy atom. The van der Waals surface area contributed by atoms with Gasteiger partial charge in [-0.25, -0.2) is 8.42 Å². The van der Waals surface area contributed by atoms with E-state index in [0.29, 0.717) is 5.02 Å². The van der Waals surface area contributed by atoms with Crippen LogP contribution in [0.15, 0.2) is 53.4 Å². The van der Waals surface area contributed by atoms with Crippen LogP contribution in [0.25, 0.3) is 0 Å². The summed E-state index contributed by atoms with van der Waals surface area (Å²) in [6.45, 7) is 0.744. The number of carbonyl (C=O) groups excluding carboxylic acids is 1. The molecule has 1 saturated heterocycles. The van der Waals surface area contributed by atoms with Crippen LogP contribution in [-0.4, -0.2) is 54.6 Å².